The molecule has 17 heavy (non-hydrogen) atoms. The molecular weight excluding hydrogens is 216 g/mol. The summed E-state index contributed by atoms with van der Waals surface area (Å²) < 4.78 is 5.45. The predicted octanol–water partition coefficient (Wildman–Crippen LogP) is 2.28. The minimum atomic E-state index is -0.0173. The predicted molar refractivity (Wildman–Crippen MR) is 65.9 cm³/mol. The molecule has 0 aliphatic heterocycles. The Morgan fingerprint density at radius 2 is 2.24 bits per heavy atom. The number of aryl methyl sites for hydroxylation is 1. The Balaban J connectivity index is 2.41. The first-order chi connectivity index (χ1) is 8.26. The van der Waals surface area contributed by atoms with E-state index in [-0.39, 0.29) is 6.61 Å². The number of nitrogens with one attached hydrogen (secondary N) is 1. The van der Waals surface area contributed by atoms with Crippen molar-refractivity contribution in [2.45, 2.75) is 20.5 Å². The van der Waals surface area contributed by atoms with Gasteiger partial charge in [-0.3, -0.25) is 5.10 Å². The lowest BCUT2D eigenvalue weighted by molar-refractivity contribution is 0.281. The zero-order chi connectivity index (χ0) is 12.3. The van der Waals surface area contributed by atoms with Gasteiger partial charge in [0.25, 0.3) is 0 Å². The maximum absolute atomic E-state index is 9.33. The quantitative estimate of drug-likeness (QED) is 0.850. The third-order valence-electron chi connectivity index (χ3n) is 2.65. The van der Waals surface area contributed by atoms with Crippen LogP contribution in [0.5, 0.6) is 5.75 Å². The van der Waals surface area contributed by atoms with E-state index in [4.69, 9.17) is 4.74 Å². The van der Waals surface area contributed by atoms with Gasteiger partial charge < -0.3 is 9.84 Å². The number of aromatic amines is 1. The largest absolute Gasteiger partial charge is 0.494 e. The standard InChI is InChI=1S/C13H16N2O2/c1-3-17-11-6-4-5-10(7-11)13-12(8-16)9(2)14-15-13/h4-7,16H,3,8H2,1-2H3,(H,14,15). The van der Waals surface area contributed by atoms with Crippen LogP contribution in [-0.2, 0) is 6.61 Å². The van der Waals surface area contributed by atoms with Gasteiger partial charge in [0.2, 0.25) is 0 Å². The number of benzene rings is 1. The normalized spacial score (nSPS) is 10.5. The van der Waals surface area contributed by atoms with Crippen LogP contribution >= 0.6 is 0 Å². The maximum Gasteiger partial charge on any atom is 0.119 e. The summed E-state index contributed by atoms with van der Waals surface area (Å²) >= 11 is 0. The highest BCUT2D eigenvalue weighted by atomic mass is 16.5. The molecular formula is C13H16N2O2. The summed E-state index contributed by atoms with van der Waals surface area (Å²) in [6.07, 6.45) is 0. The lowest BCUT2D eigenvalue weighted by atomic mass is 10.1. The molecule has 0 aliphatic rings. The summed E-state index contributed by atoms with van der Waals surface area (Å²) in [5.41, 5.74) is 3.46. The van der Waals surface area contributed by atoms with Gasteiger partial charge in [-0.1, -0.05) is 12.1 Å². The van der Waals surface area contributed by atoms with E-state index in [1.807, 2.05) is 38.1 Å². The van der Waals surface area contributed by atoms with E-state index < -0.39 is 0 Å². The molecule has 90 valence electrons. The number of ether oxygens (including phenoxy) is 1. The van der Waals surface area contributed by atoms with Gasteiger partial charge in [-0.25, -0.2) is 0 Å². The van der Waals surface area contributed by atoms with Crippen molar-refractivity contribution in [1.29, 1.82) is 0 Å². The smallest absolute Gasteiger partial charge is 0.119 e. The van der Waals surface area contributed by atoms with Crippen LogP contribution in [0.2, 0.25) is 0 Å². The van der Waals surface area contributed by atoms with Crippen LogP contribution in [0.15, 0.2) is 24.3 Å². The van der Waals surface area contributed by atoms with Crippen LogP contribution in [0, 0.1) is 6.92 Å². The van der Waals surface area contributed by atoms with E-state index >= 15 is 0 Å². The van der Waals surface area contributed by atoms with Gasteiger partial charge in [0.1, 0.15) is 5.75 Å². The van der Waals surface area contributed by atoms with E-state index in [0.717, 1.165) is 28.3 Å². The molecule has 0 aliphatic carbocycles. The van der Waals surface area contributed by atoms with Crippen LogP contribution in [-0.4, -0.2) is 21.9 Å². The molecule has 0 spiro atoms. The molecule has 1 heterocycles. The average molecular weight is 232 g/mol. The number of hydrogen-bond donors (Lipinski definition) is 2. The van der Waals surface area contributed by atoms with Gasteiger partial charge in [-0.15, -0.1) is 0 Å². The highest BCUT2D eigenvalue weighted by Crippen LogP contribution is 2.26. The number of aliphatic hydroxyl groups excluding tert-OH is 1. The van der Waals surface area contributed by atoms with Crippen molar-refractivity contribution in [3.05, 3.63) is 35.5 Å². The molecule has 0 saturated carbocycles. The van der Waals surface area contributed by atoms with Crippen LogP contribution in [0.25, 0.3) is 11.3 Å². The first-order valence-electron chi connectivity index (χ1n) is 5.64. The molecule has 4 nitrogen and oxygen atoms in total. The van der Waals surface area contributed by atoms with Crippen molar-refractivity contribution in [3.8, 4) is 17.0 Å². The third kappa shape index (κ3) is 2.31. The van der Waals surface area contributed by atoms with E-state index in [1.165, 1.54) is 0 Å². The van der Waals surface area contributed by atoms with E-state index in [2.05, 4.69) is 10.2 Å². The van der Waals surface area contributed by atoms with E-state index in [1.54, 1.807) is 0 Å². The number of H-pyrrole nitrogens is 1. The van der Waals surface area contributed by atoms with Crippen molar-refractivity contribution >= 4 is 0 Å². The van der Waals surface area contributed by atoms with Crippen LogP contribution in [0.3, 0.4) is 0 Å². The Morgan fingerprint density at radius 1 is 1.41 bits per heavy atom. The molecule has 0 saturated heterocycles. The minimum absolute atomic E-state index is 0.0173. The van der Waals surface area contributed by atoms with Crippen LogP contribution < -0.4 is 4.74 Å². The Hall–Kier alpha value is -1.81. The zero-order valence-corrected chi connectivity index (χ0v) is 10.0. The molecule has 0 unspecified atom stereocenters. The van der Waals surface area contributed by atoms with Crippen molar-refractivity contribution in [2.75, 3.05) is 6.61 Å². The number of aromatic nitrogens is 2. The molecule has 0 amide bonds. The topological polar surface area (TPSA) is 58.1 Å². The molecule has 0 fully saturated rings. The molecule has 2 rings (SSSR count). The summed E-state index contributed by atoms with van der Waals surface area (Å²) in [5, 5.41) is 16.4. The maximum atomic E-state index is 9.33. The fraction of sp³-hybridized carbons (Fsp3) is 0.308. The Bertz CT molecular complexity index is 506. The second-order valence-corrected chi connectivity index (χ2v) is 3.79. The highest BCUT2D eigenvalue weighted by molar-refractivity contribution is 5.65. The number of hydrogen-bond acceptors (Lipinski definition) is 3. The molecule has 0 bridgehead atoms. The van der Waals surface area contributed by atoms with Gasteiger partial charge in [0.15, 0.2) is 0 Å². The van der Waals surface area contributed by atoms with Crippen LogP contribution in [0.4, 0.5) is 0 Å². The number of rotatable bonds is 4. The summed E-state index contributed by atoms with van der Waals surface area (Å²) in [6, 6.07) is 7.71. The van der Waals surface area contributed by atoms with Gasteiger partial charge in [-0.2, -0.15) is 5.10 Å². The lowest BCUT2D eigenvalue weighted by Crippen LogP contribution is -1.92. The SMILES string of the molecule is CCOc1cccc(-c2n[nH]c(C)c2CO)c1. The first kappa shape index (κ1) is 11.7. The Labute approximate surface area is 100 Å². The summed E-state index contributed by atoms with van der Waals surface area (Å²) in [4.78, 5) is 0. The Morgan fingerprint density at radius 3 is 2.94 bits per heavy atom. The molecule has 1 aromatic heterocycles. The molecule has 1 aromatic carbocycles. The van der Waals surface area contributed by atoms with Gasteiger partial charge in [-0.05, 0) is 26.0 Å². The third-order valence-corrected chi connectivity index (χ3v) is 2.65. The van der Waals surface area contributed by atoms with Crippen LogP contribution in [0.1, 0.15) is 18.2 Å². The molecule has 4 heteroatoms. The van der Waals surface area contributed by atoms with Crippen molar-refractivity contribution < 1.29 is 9.84 Å². The molecule has 2 N–H and O–H groups in total. The van der Waals surface area contributed by atoms with Gasteiger partial charge in [0.05, 0.1) is 18.9 Å². The lowest BCUT2D eigenvalue weighted by Gasteiger charge is -2.05. The second-order valence-electron chi connectivity index (χ2n) is 3.79. The minimum Gasteiger partial charge on any atom is -0.494 e. The molecule has 0 atom stereocenters. The molecule has 0 radical (unpaired) electrons. The van der Waals surface area contributed by atoms with Gasteiger partial charge >= 0.3 is 0 Å². The monoisotopic (exact) mass is 232 g/mol. The summed E-state index contributed by atoms with van der Waals surface area (Å²) in [7, 11) is 0. The van der Waals surface area contributed by atoms with Crippen molar-refractivity contribution in [2.24, 2.45) is 0 Å². The van der Waals surface area contributed by atoms with E-state index in [9.17, 15) is 5.11 Å². The van der Waals surface area contributed by atoms with Crippen molar-refractivity contribution in [1.82, 2.24) is 10.2 Å². The first-order valence-corrected chi connectivity index (χ1v) is 5.64. The summed E-state index contributed by atoms with van der Waals surface area (Å²) in [5.74, 6) is 0.814. The average Bonchev–Trinajstić information content (AvgIpc) is 2.71. The highest BCUT2D eigenvalue weighted by Gasteiger charge is 2.11. The van der Waals surface area contributed by atoms with Gasteiger partial charge in [0, 0.05) is 16.8 Å². The van der Waals surface area contributed by atoms with E-state index in [0.29, 0.717) is 6.61 Å². The Kier molecular flexibility index (Phi) is 3.44. The number of nitrogens with zero attached hydrogens (tertiary/aromatic N) is 1. The fourth-order valence-corrected chi connectivity index (χ4v) is 1.78. The zero-order valence-electron chi connectivity index (χ0n) is 10.0. The fourth-order valence-electron chi connectivity index (χ4n) is 1.78. The molecule has 2 aromatic rings. The van der Waals surface area contributed by atoms with Crippen molar-refractivity contribution in [3.63, 3.8) is 0 Å². The number of aliphatic hydroxyl groups is 1. The summed E-state index contributed by atoms with van der Waals surface area (Å²) in [6.45, 7) is 4.46. The second kappa shape index (κ2) is 5.01.